The largest absolute Gasteiger partial charge is 0.370 e. The van der Waals surface area contributed by atoms with Gasteiger partial charge < -0.3 is 24.5 Å². The van der Waals surface area contributed by atoms with Gasteiger partial charge in [0, 0.05) is 17.8 Å². The fourth-order valence-corrected chi connectivity index (χ4v) is 4.43. The minimum Gasteiger partial charge on any atom is -0.370 e. The Kier molecular flexibility index (Phi) is 6.38. The summed E-state index contributed by atoms with van der Waals surface area (Å²) < 4.78 is 30.7. The lowest BCUT2D eigenvalue weighted by atomic mass is 9.90. The van der Waals surface area contributed by atoms with Gasteiger partial charge in [0.25, 0.3) is 5.91 Å². The van der Waals surface area contributed by atoms with E-state index in [2.05, 4.69) is 20.3 Å². The number of halogens is 1. The van der Waals surface area contributed by atoms with E-state index in [9.17, 15) is 14.0 Å². The lowest BCUT2D eigenvalue weighted by Gasteiger charge is -2.39. The summed E-state index contributed by atoms with van der Waals surface area (Å²) in [6, 6.07) is 8.16. The topological polar surface area (TPSA) is 132 Å². The lowest BCUT2D eigenvalue weighted by Crippen LogP contribution is -2.55. The average Bonchev–Trinajstić information content (AvgIpc) is 3.63. The Morgan fingerprint density at radius 1 is 1.16 bits per heavy atom. The van der Waals surface area contributed by atoms with Crippen LogP contribution in [-0.2, 0) is 23.8 Å². The van der Waals surface area contributed by atoms with Crippen molar-refractivity contribution >= 4 is 17.8 Å². The van der Waals surface area contributed by atoms with E-state index in [4.69, 9.17) is 19.2 Å². The van der Waals surface area contributed by atoms with E-state index >= 15 is 0 Å². The van der Waals surface area contributed by atoms with Crippen LogP contribution in [0.2, 0.25) is 0 Å². The number of carbonyl (C=O) groups is 2. The highest BCUT2D eigenvalue weighted by Gasteiger charge is 2.45. The molecule has 4 heterocycles. The number of nitrogens with zero attached hydrogens (tertiary/aromatic N) is 4. The molecular weight excluding hydrogens is 495 g/mol. The summed E-state index contributed by atoms with van der Waals surface area (Å²) in [6.07, 6.45) is 2.95. The molecule has 2 N–H and O–H groups in total. The second kappa shape index (κ2) is 9.86. The van der Waals surface area contributed by atoms with E-state index in [1.165, 1.54) is 17.0 Å². The van der Waals surface area contributed by atoms with Crippen molar-refractivity contribution in [2.75, 3.05) is 38.3 Å². The molecule has 0 radical (unpaired) electrons. The number of anilines is 1. The summed E-state index contributed by atoms with van der Waals surface area (Å²) >= 11 is 0. The number of imidazole rings is 1. The van der Waals surface area contributed by atoms with E-state index in [0.29, 0.717) is 47.1 Å². The zero-order valence-electron chi connectivity index (χ0n) is 20.8. The van der Waals surface area contributed by atoms with Crippen molar-refractivity contribution in [2.24, 2.45) is 5.41 Å². The van der Waals surface area contributed by atoms with Crippen LogP contribution < -0.4 is 5.32 Å². The maximum Gasteiger partial charge on any atom is 0.255 e. The SMILES string of the molecule is CC1(C(=O)N2CCOCC2=O)COC(c2nc(-c3ccc(F)cc3)c(-c3ccnc(NC4CC4)n3)[nH]2)OC1. The van der Waals surface area contributed by atoms with Crippen molar-refractivity contribution < 1.29 is 28.2 Å². The van der Waals surface area contributed by atoms with Gasteiger partial charge in [0.1, 0.15) is 12.4 Å². The number of rotatable bonds is 6. The van der Waals surface area contributed by atoms with Gasteiger partial charge in [0.05, 0.1) is 48.9 Å². The normalized spacial score (nSPS) is 23.9. The van der Waals surface area contributed by atoms with Crippen LogP contribution in [0.4, 0.5) is 10.3 Å². The van der Waals surface area contributed by atoms with Crippen LogP contribution in [0.3, 0.4) is 0 Å². The molecule has 38 heavy (non-hydrogen) atoms. The van der Waals surface area contributed by atoms with Gasteiger partial charge in [0.2, 0.25) is 18.1 Å². The number of ether oxygens (including phenoxy) is 3. The molecule has 6 rings (SSSR count). The van der Waals surface area contributed by atoms with Gasteiger partial charge >= 0.3 is 0 Å². The van der Waals surface area contributed by atoms with Gasteiger partial charge in [-0.2, -0.15) is 0 Å². The van der Waals surface area contributed by atoms with Crippen LogP contribution in [0.5, 0.6) is 0 Å². The predicted octanol–water partition coefficient (Wildman–Crippen LogP) is 2.68. The Balaban J connectivity index is 1.26. The van der Waals surface area contributed by atoms with E-state index in [1.807, 2.05) is 0 Å². The monoisotopic (exact) mass is 522 g/mol. The summed E-state index contributed by atoms with van der Waals surface area (Å²) in [5.41, 5.74) is 1.40. The first-order valence-electron chi connectivity index (χ1n) is 12.5. The number of aromatic nitrogens is 4. The molecular formula is C26H27FN6O5. The number of hydrogen-bond donors (Lipinski definition) is 2. The third-order valence-electron chi connectivity index (χ3n) is 6.74. The van der Waals surface area contributed by atoms with Crippen molar-refractivity contribution in [2.45, 2.75) is 32.1 Å². The molecule has 1 aliphatic carbocycles. The van der Waals surface area contributed by atoms with Crippen molar-refractivity contribution in [1.29, 1.82) is 0 Å². The average molecular weight is 523 g/mol. The number of aromatic amines is 1. The third kappa shape index (κ3) is 4.89. The highest BCUT2D eigenvalue weighted by Crippen LogP contribution is 2.36. The minimum atomic E-state index is -1.03. The predicted molar refractivity (Wildman–Crippen MR) is 132 cm³/mol. The molecule has 3 aromatic rings. The quantitative estimate of drug-likeness (QED) is 0.469. The van der Waals surface area contributed by atoms with Crippen LogP contribution in [0.15, 0.2) is 36.5 Å². The second-order valence-electron chi connectivity index (χ2n) is 9.95. The second-order valence-corrected chi connectivity index (χ2v) is 9.95. The Morgan fingerprint density at radius 3 is 2.63 bits per heavy atom. The molecule has 3 aliphatic rings. The summed E-state index contributed by atoms with van der Waals surface area (Å²) in [4.78, 5) is 43.4. The minimum absolute atomic E-state index is 0.0337. The highest BCUT2D eigenvalue weighted by atomic mass is 19.1. The summed E-state index contributed by atoms with van der Waals surface area (Å²) in [7, 11) is 0. The van der Waals surface area contributed by atoms with Gasteiger partial charge in [-0.15, -0.1) is 0 Å². The van der Waals surface area contributed by atoms with Crippen LogP contribution in [0.25, 0.3) is 22.6 Å². The smallest absolute Gasteiger partial charge is 0.255 e. The van der Waals surface area contributed by atoms with E-state index < -0.39 is 11.7 Å². The summed E-state index contributed by atoms with van der Waals surface area (Å²) in [5, 5.41) is 3.29. The molecule has 1 aromatic carbocycles. The van der Waals surface area contributed by atoms with Crippen LogP contribution in [-0.4, -0.2) is 75.7 Å². The fraction of sp³-hybridized carbons (Fsp3) is 0.423. The number of carbonyl (C=O) groups excluding carboxylic acids is 2. The molecule has 0 unspecified atom stereocenters. The van der Waals surface area contributed by atoms with E-state index in [1.54, 1.807) is 31.3 Å². The molecule has 0 bridgehead atoms. The summed E-state index contributed by atoms with van der Waals surface area (Å²) in [5.74, 6) is -0.182. The number of nitrogens with one attached hydrogen (secondary N) is 2. The molecule has 3 fully saturated rings. The molecule has 198 valence electrons. The molecule has 2 amide bonds. The van der Waals surface area contributed by atoms with Crippen molar-refractivity contribution in [3.05, 3.63) is 48.2 Å². The standard InChI is InChI=1S/C26H27FN6O5/c1-26(24(35)33-10-11-36-12-19(33)34)13-37-23(38-14-26)22-31-20(15-2-4-16(27)5-3-15)21(32-22)18-8-9-28-25(30-18)29-17-6-7-17/h2-5,8-9,17,23H,6-7,10-14H2,1H3,(H,31,32)(H,28,29,30). The molecule has 2 aliphatic heterocycles. The van der Waals surface area contributed by atoms with Gasteiger partial charge in [-0.1, -0.05) is 0 Å². The van der Waals surface area contributed by atoms with Gasteiger partial charge in [-0.05, 0) is 50.1 Å². The first kappa shape index (κ1) is 24.6. The van der Waals surface area contributed by atoms with Crippen molar-refractivity contribution in [3.8, 4) is 22.6 Å². The molecule has 0 atom stereocenters. The maximum absolute atomic E-state index is 13.6. The van der Waals surface area contributed by atoms with E-state index in [-0.39, 0.29) is 44.0 Å². The molecule has 2 aromatic heterocycles. The van der Waals surface area contributed by atoms with Gasteiger partial charge in [0.15, 0.2) is 5.82 Å². The Labute approximate surface area is 217 Å². The third-order valence-corrected chi connectivity index (χ3v) is 6.74. The van der Waals surface area contributed by atoms with Crippen molar-refractivity contribution in [1.82, 2.24) is 24.8 Å². The zero-order valence-corrected chi connectivity index (χ0v) is 20.8. The van der Waals surface area contributed by atoms with Crippen molar-refractivity contribution in [3.63, 3.8) is 0 Å². The van der Waals surface area contributed by atoms with Crippen LogP contribution in [0, 0.1) is 11.2 Å². The molecule has 11 nitrogen and oxygen atoms in total. The molecule has 0 spiro atoms. The van der Waals surface area contributed by atoms with E-state index in [0.717, 1.165) is 12.8 Å². The zero-order chi connectivity index (χ0) is 26.3. The Bertz CT molecular complexity index is 1350. The number of H-pyrrole nitrogens is 1. The Morgan fingerprint density at radius 2 is 1.92 bits per heavy atom. The van der Waals surface area contributed by atoms with Crippen LogP contribution >= 0.6 is 0 Å². The lowest BCUT2D eigenvalue weighted by molar-refractivity contribution is -0.234. The van der Waals surface area contributed by atoms with Gasteiger partial charge in [-0.25, -0.2) is 19.3 Å². The van der Waals surface area contributed by atoms with Gasteiger partial charge in [-0.3, -0.25) is 14.5 Å². The highest BCUT2D eigenvalue weighted by molar-refractivity contribution is 5.99. The summed E-state index contributed by atoms with van der Waals surface area (Å²) in [6.45, 7) is 2.17. The molecule has 1 saturated carbocycles. The number of amides is 2. The fourth-order valence-electron chi connectivity index (χ4n) is 4.43. The Hall–Kier alpha value is -3.74. The number of morpholine rings is 1. The maximum atomic E-state index is 13.6. The number of imide groups is 1. The first-order valence-corrected chi connectivity index (χ1v) is 12.5. The molecule has 12 heteroatoms. The molecule has 2 saturated heterocycles. The van der Waals surface area contributed by atoms with Crippen LogP contribution in [0.1, 0.15) is 31.9 Å². The first-order chi connectivity index (χ1) is 18.4. The number of hydrogen-bond acceptors (Lipinski definition) is 9. The number of benzene rings is 1.